The van der Waals surface area contributed by atoms with Crippen LogP contribution in [0.3, 0.4) is 0 Å². The minimum atomic E-state index is -0.977. The van der Waals surface area contributed by atoms with Crippen molar-refractivity contribution >= 4 is 5.91 Å². The van der Waals surface area contributed by atoms with Crippen molar-refractivity contribution in [1.82, 2.24) is 10.6 Å². The first-order chi connectivity index (χ1) is 9.21. The number of hydrogen-bond acceptors (Lipinski definition) is 3. The third-order valence-corrected chi connectivity index (χ3v) is 4.36. The summed E-state index contributed by atoms with van der Waals surface area (Å²) >= 11 is 0. The summed E-state index contributed by atoms with van der Waals surface area (Å²) < 4.78 is 0. The van der Waals surface area contributed by atoms with Crippen LogP contribution in [0, 0.1) is 0 Å². The Labute approximate surface area is 120 Å². The van der Waals surface area contributed by atoms with Gasteiger partial charge in [-0.05, 0) is 45.2 Å². The lowest BCUT2D eigenvalue weighted by Gasteiger charge is -2.39. The zero-order valence-electron chi connectivity index (χ0n) is 12.7. The lowest BCUT2D eigenvalue weighted by molar-refractivity contribution is -0.128. The van der Waals surface area contributed by atoms with Gasteiger partial charge in [-0.15, -0.1) is 0 Å². The molecule has 110 valence electrons. The number of benzene rings is 1. The van der Waals surface area contributed by atoms with E-state index >= 15 is 0 Å². The van der Waals surface area contributed by atoms with E-state index in [0.717, 1.165) is 0 Å². The number of amides is 1. The Morgan fingerprint density at radius 2 is 1.85 bits per heavy atom. The summed E-state index contributed by atoms with van der Waals surface area (Å²) in [4.78, 5) is 12.4. The van der Waals surface area contributed by atoms with Crippen LogP contribution in [-0.2, 0) is 17.8 Å². The van der Waals surface area contributed by atoms with Crippen LogP contribution in [0.1, 0.15) is 38.8 Å². The molecule has 0 spiro atoms. The molecule has 0 unspecified atom stereocenters. The molecule has 0 fully saturated rings. The maximum Gasteiger partial charge on any atom is 0.237 e. The van der Waals surface area contributed by atoms with Gasteiger partial charge in [0.25, 0.3) is 0 Å². The van der Waals surface area contributed by atoms with Crippen molar-refractivity contribution in [3.8, 4) is 0 Å². The van der Waals surface area contributed by atoms with Crippen LogP contribution in [0.5, 0.6) is 0 Å². The van der Waals surface area contributed by atoms with Crippen LogP contribution in [0.15, 0.2) is 24.3 Å². The zero-order chi connectivity index (χ0) is 15.0. The Morgan fingerprint density at radius 3 is 2.45 bits per heavy atom. The quantitative estimate of drug-likeness (QED) is 0.781. The molecule has 0 aliphatic carbocycles. The summed E-state index contributed by atoms with van der Waals surface area (Å²) in [5.74, 6) is -0.0633. The number of carbonyl (C=O) groups excluding carboxylic acids is 1. The third kappa shape index (κ3) is 3.02. The molecule has 20 heavy (non-hydrogen) atoms. The average molecular weight is 276 g/mol. The zero-order valence-corrected chi connectivity index (χ0v) is 12.7. The van der Waals surface area contributed by atoms with Crippen molar-refractivity contribution in [1.29, 1.82) is 0 Å². The molecule has 3 N–H and O–H groups in total. The monoisotopic (exact) mass is 276 g/mol. The average Bonchev–Trinajstić information content (AvgIpc) is 2.36. The number of nitrogens with one attached hydrogen (secondary N) is 2. The fraction of sp³-hybridized carbons (Fsp3) is 0.562. The van der Waals surface area contributed by atoms with E-state index in [0.29, 0.717) is 13.0 Å². The standard InChI is InChI=1S/C16H24N2O2/c1-15(2,16(3,4)20)18-14(19)13-9-11-7-5-6-8-12(11)10-17-13/h5-8,13,17,20H,9-10H2,1-4H3,(H,18,19)/t13-/m1/s1. The highest BCUT2D eigenvalue weighted by Crippen LogP contribution is 2.22. The maximum absolute atomic E-state index is 12.4. The first kappa shape index (κ1) is 15.0. The lowest BCUT2D eigenvalue weighted by atomic mass is 9.85. The number of aliphatic hydroxyl groups is 1. The molecule has 4 nitrogen and oxygen atoms in total. The van der Waals surface area contributed by atoms with Crippen LogP contribution < -0.4 is 10.6 Å². The normalized spacial score (nSPS) is 19.4. The largest absolute Gasteiger partial charge is 0.388 e. The van der Waals surface area contributed by atoms with Crippen LogP contribution in [0.2, 0.25) is 0 Å². The smallest absolute Gasteiger partial charge is 0.237 e. The molecular weight excluding hydrogens is 252 g/mol. The van der Waals surface area contributed by atoms with Gasteiger partial charge in [-0.1, -0.05) is 24.3 Å². The van der Waals surface area contributed by atoms with Gasteiger partial charge in [0, 0.05) is 6.54 Å². The molecule has 0 aromatic heterocycles. The Hall–Kier alpha value is -1.39. The van der Waals surface area contributed by atoms with E-state index < -0.39 is 11.1 Å². The van der Waals surface area contributed by atoms with E-state index in [2.05, 4.69) is 22.8 Å². The van der Waals surface area contributed by atoms with Crippen molar-refractivity contribution < 1.29 is 9.90 Å². The van der Waals surface area contributed by atoms with E-state index in [1.807, 2.05) is 26.0 Å². The van der Waals surface area contributed by atoms with Crippen molar-refractivity contribution in [2.75, 3.05) is 0 Å². The fourth-order valence-corrected chi connectivity index (χ4v) is 2.19. The van der Waals surface area contributed by atoms with Gasteiger partial charge in [0.15, 0.2) is 0 Å². The second-order valence-corrected chi connectivity index (χ2v) is 6.58. The fourth-order valence-electron chi connectivity index (χ4n) is 2.19. The lowest BCUT2D eigenvalue weighted by Crippen LogP contribution is -2.61. The maximum atomic E-state index is 12.4. The molecule has 0 bridgehead atoms. The van der Waals surface area contributed by atoms with E-state index in [9.17, 15) is 9.90 Å². The first-order valence-electron chi connectivity index (χ1n) is 7.05. The second-order valence-electron chi connectivity index (χ2n) is 6.58. The van der Waals surface area contributed by atoms with Gasteiger partial charge in [-0.2, -0.15) is 0 Å². The Balaban J connectivity index is 2.06. The minimum Gasteiger partial charge on any atom is -0.388 e. The molecule has 1 atom stereocenters. The van der Waals surface area contributed by atoms with Gasteiger partial charge in [0.05, 0.1) is 17.2 Å². The SMILES string of the molecule is CC(C)(O)C(C)(C)NC(=O)[C@H]1Cc2ccccc2CN1. The molecule has 0 saturated carbocycles. The van der Waals surface area contributed by atoms with Crippen molar-refractivity contribution in [2.24, 2.45) is 0 Å². The number of fused-ring (bicyclic) bond motifs is 1. The van der Waals surface area contributed by atoms with Crippen LogP contribution in [0.4, 0.5) is 0 Å². The molecule has 4 heteroatoms. The first-order valence-corrected chi connectivity index (χ1v) is 7.05. The summed E-state index contributed by atoms with van der Waals surface area (Å²) in [5, 5.41) is 16.3. The van der Waals surface area contributed by atoms with E-state index in [1.165, 1.54) is 11.1 Å². The summed E-state index contributed by atoms with van der Waals surface area (Å²) in [5.41, 5.74) is 0.809. The van der Waals surface area contributed by atoms with Gasteiger partial charge in [0.1, 0.15) is 0 Å². The Morgan fingerprint density at radius 1 is 1.25 bits per heavy atom. The molecule has 1 aromatic rings. The van der Waals surface area contributed by atoms with Gasteiger partial charge in [-0.3, -0.25) is 4.79 Å². The van der Waals surface area contributed by atoms with Crippen molar-refractivity contribution in [3.05, 3.63) is 35.4 Å². The van der Waals surface area contributed by atoms with Gasteiger partial charge < -0.3 is 15.7 Å². The molecule has 0 radical (unpaired) electrons. The summed E-state index contributed by atoms with van der Waals surface area (Å²) in [6.07, 6.45) is 0.684. The molecule has 1 heterocycles. The molecule has 1 amide bonds. The van der Waals surface area contributed by atoms with E-state index in [4.69, 9.17) is 0 Å². The highest BCUT2D eigenvalue weighted by atomic mass is 16.3. The van der Waals surface area contributed by atoms with Crippen LogP contribution in [0.25, 0.3) is 0 Å². The highest BCUT2D eigenvalue weighted by molar-refractivity contribution is 5.83. The van der Waals surface area contributed by atoms with Crippen LogP contribution in [-0.4, -0.2) is 28.2 Å². The van der Waals surface area contributed by atoms with Crippen LogP contribution >= 0.6 is 0 Å². The minimum absolute atomic E-state index is 0.0633. The molecule has 0 saturated heterocycles. The second kappa shape index (κ2) is 5.19. The molecule has 1 aliphatic rings. The number of rotatable bonds is 3. The molecular formula is C16H24N2O2. The number of hydrogen-bond donors (Lipinski definition) is 3. The van der Waals surface area contributed by atoms with E-state index in [1.54, 1.807) is 13.8 Å². The summed E-state index contributed by atoms with van der Waals surface area (Å²) in [7, 11) is 0. The predicted octanol–water partition coefficient (Wildman–Crippen LogP) is 1.37. The molecule has 1 aromatic carbocycles. The predicted molar refractivity (Wildman–Crippen MR) is 79.3 cm³/mol. The van der Waals surface area contributed by atoms with Gasteiger partial charge in [-0.25, -0.2) is 0 Å². The third-order valence-electron chi connectivity index (χ3n) is 4.36. The Kier molecular flexibility index (Phi) is 3.89. The topological polar surface area (TPSA) is 61.4 Å². The van der Waals surface area contributed by atoms with Crippen molar-refractivity contribution in [3.63, 3.8) is 0 Å². The summed E-state index contributed by atoms with van der Waals surface area (Å²) in [6, 6.07) is 7.92. The van der Waals surface area contributed by atoms with E-state index in [-0.39, 0.29) is 11.9 Å². The molecule has 2 rings (SSSR count). The highest BCUT2D eigenvalue weighted by Gasteiger charge is 2.38. The Bertz CT molecular complexity index is 503. The van der Waals surface area contributed by atoms with Crippen molar-refractivity contribution in [2.45, 2.75) is 57.8 Å². The number of carbonyl (C=O) groups is 1. The van der Waals surface area contributed by atoms with Gasteiger partial charge in [0.2, 0.25) is 5.91 Å². The van der Waals surface area contributed by atoms with Gasteiger partial charge >= 0.3 is 0 Å². The molecule has 1 aliphatic heterocycles. The summed E-state index contributed by atoms with van der Waals surface area (Å²) in [6.45, 7) is 7.79.